The maximum absolute atomic E-state index is 12.9. The van der Waals surface area contributed by atoms with Crippen molar-refractivity contribution in [3.63, 3.8) is 0 Å². The Bertz CT molecular complexity index is 782. The molecule has 0 atom stereocenters. The van der Waals surface area contributed by atoms with Crippen LogP contribution >= 0.6 is 0 Å². The predicted molar refractivity (Wildman–Crippen MR) is 97.7 cm³/mol. The highest BCUT2D eigenvalue weighted by molar-refractivity contribution is 6.07. The van der Waals surface area contributed by atoms with E-state index in [1.807, 2.05) is 68.1 Å². The van der Waals surface area contributed by atoms with Gasteiger partial charge in [0.25, 0.3) is 5.91 Å². The summed E-state index contributed by atoms with van der Waals surface area (Å²) in [4.78, 5) is 28.5. The smallest absolute Gasteiger partial charge is 0.410 e. The highest BCUT2D eigenvalue weighted by Crippen LogP contribution is 2.21. The third-order valence-corrected chi connectivity index (χ3v) is 4.24. The lowest BCUT2D eigenvalue weighted by atomic mass is 10.0. The Hall–Kier alpha value is -2.56. The van der Waals surface area contributed by atoms with E-state index < -0.39 is 5.60 Å². The molecule has 132 valence electrons. The molecule has 0 N–H and O–H groups in total. The van der Waals surface area contributed by atoms with Crippen molar-refractivity contribution in [2.45, 2.75) is 26.4 Å². The number of hydrogen-bond acceptors (Lipinski definition) is 3. The first-order valence-electron chi connectivity index (χ1n) is 8.60. The molecule has 0 aromatic heterocycles. The van der Waals surface area contributed by atoms with Gasteiger partial charge in [-0.2, -0.15) is 0 Å². The van der Waals surface area contributed by atoms with E-state index in [0.29, 0.717) is 31.7 Å². The van der Waals surface area contributed by atoms with E-state index in [-0.39, 0.29) is 12.0 Å². The molecule has 1 aliphatic heterocycles. The zero-order valence-electron chi connectivity index (χ0n) is 15.0. The van der Waals surface area contributed by atoms with Gasteiger partial charge in [0, 0.05) is 31.7 Å². The van der Waals surface area contributed by atoms with Crippen LogP contribution < -0.4 is 0 Å². The summed E-state index contributed by atoms with van der Waals surface area (Å²) in [6.07, 6.45) is -0.315. The van der Waals surface area contributed by atoms with Gasteiger partial charge in [0.05, 0.1) is 0 Å². The van der Waals surface area contributed by atoms with Crippen LogP contribution in [0.25, 0.3) is 10.8 Å². The van der Waals surface area contributed by atoms with Crippen LogP contribution in [0, 0.1) is 0 Å². The second-order valence-corrected chi connectivity index (χ2v) is 7.29. The molecule has 2 amide bonds. The summed E-state index contributed by atoms with van der Waals surface area (Å²) < 4.78 is 5.40. The maximum Gasteiger partial charge on any atom is 0.410 e. The summed E-state index contributed by atoms with van der Waals surface area (Å²) in [6.45, 7) is 7.57. The first-order valence-corrected chi connectivity index (χ1v) is 8.60. The van der Waals surface area contributed by atoms with E-state index in [1.165, 1.54) is 0 Å². The average Bonchev–Trinajstić information content (AvgIpc) is 2.59. The zero-order chi connectivity index (χ0) is 18.0. The highest BCUT2D eigenvalue weighted by atomic mass is 16.6. The van der Waals surface area contributed by atoms with Gasteiger partial charge in [-0.15, -0.1) is 0 Å². The summed E-state index contributed by atoms with van der Waals surface area (Å²) in [5, 5.41) is 2.02. The van der Waals surface area contributed by atoms with Gasteiger partial charge in [-0.05, 0) is 37.6 Å². The van der Waals surface area contributed by atoms with E-state index in [2.05, 4.69) is 0 Å². The van der Waals surface area contributed by atoms with Crippen LogP contribution in [0.3, 0.4) is 0 Å². The molecule has 3 rings (SSSR count). The van der Waals surface area contributed by atoms with Crippen molar-refractivity contribution in [2.24, 2.45) is 0 Å². The van der Waals surface area contributed by atoms with Crippen LogP contribution in [0.2, 0.25) is 0 Å². The van der Waals surface area contributed by atoms with Gasteiger partial charge in [-0.25, -0.2) is 4.79 Å². The quantitative estimate of drug-likeness (QED) is 0.798. The van der Waals surface area contributed by atoms with Crippen molar-refractivity contribution >= 4 is 22.8 Å². The molecule has 0 spiro atoms. The van der Waals surface area contributed by atoms with Gasteiger partial charge in [-0.1, -0.05) is 36.4 Å². The molecule has 2 aromatic rings. The van der Waals surface area contributed by atoms with E-state index in [1.54, 1.807) is 4.90 Å². The minimum atomic E-state index is -0.507. The Labute approximate surface area is 148 Å². The van der Waals surface area contributed by atoms with Gasteiger partial charge < -0.3 is 14.5 Å². The van der Waals surface area contributed by atoms with E-state index in [4.69, 9.17) is 4.74 Å². The Morgan fingerprint density at radius 1 is 0.880 bits per heavy atom. The summed E-state index contributed by atoms with van der Waals surface area (Å²) in [6, 6.07) is 13.7. The first kappa shape index (κ1) is 17.3. The van der Waals surface area contributed by atoms with Crippen molar-refractivity contribution in [3.8, 4) is 0 Å². The topological polar surface area (TPSA) is 49.9 Å². The molecule has 0 bridgehead atoms. The molecule has 2 aromatic carbocycles. The van der Waals surface area contributed by atoms with Crippen LogP contribution in [0.5, 0.6) is 0 Å². The second kappa shape index (κ2) is 6.75. The number of amides is 2. The summed E-state index contributed by atoms with van der Waals surface area (Å²) >= 11 is 0. The Morgan fingerprint density at radius 2 is 1.48 bits per heavy atom. The molecule has 0 radical (unpaired) electrons. The van der Waals surface area contributed by atoms with Crippen LogP contribution in [-0.4, -0.2) is 53.6 Å². The number of nitrogens with zero attached hydrogens (tertiary/aromatic N) is 2. The number of hydrogen-bond donors (Lipinski definition) is 0. The van der Waals surface area contributed by atoms with Crippen molar-refractivity contribution in [1.82, 2.24) is 9.80 Å². The third kappa shape index (κ3) is 3.92. The fourth-order valence-corrected chi connectivity index (χ4v) is 3.00. The van der Waals surface area contributed by atoms with Gasteiger partial charge in [0.2, 0.25) is 0 Å². The molecular weight excluding hydrogens is 316 g/mol. The highest BCUT2D eigenvalue weighted by Gasteiger charge is 2.28. The van der Waals surface area contributed by atoms with E-state index in [0.717, 1.165) is 10.8 Å². The van der Waals surface area contributed by atoms with Gasteiger partial charge in [0.1, 0.15) is 5.60 Å². The van der Waals surface area contributed by atoms with Crippen molar-refractivity contribution < 1.29 is 14.3 Å². The molecule has 5 nitrogen and oxygen atoms in total. The number of piperazine rings is 1. The number of carbonyl (C=O) groups is 2. The molecule has 0 aliphatic carbocycles. The minimum Gasteiger partial charge on any atom is -0.444 e. The molecule has 1 aliphatic rings. The normalized spacial score (nSPS) is 15.3. The Balaban J connectivity index is 1.68. The van der Waals surface area contributed by atoms with Crippen LogP contribution in [0.15, 0.2) is 42.5 Å². The van der Waals surface area contributed by atoms with E-state index >= 15 is 0 Å². The van der Waals surface area contributed by atoms with Gasteiger partial charge >= 0.3 is 6.09 Å². The lowest BCUT2D eigenvalue weighted by Gasteiger charge is -2.35. The SMILES string of the molecule is CC(C)(C)OC(=O)N1CCN(C(=O)c2cccc3ccccc23)CC1. The average molecular weight is 340 g/mol. The largest absolute Gasteiger partial charge is 0.444 e. The number of rotatable bonds is 1. The third-order valence-electron chi connectivity index (χ3n) is 4.24. The number of benzene rings is 2. The molecule has 1 fully saturated rings. The van der Waals surface area contributed by atoms with Gasteiger partial charge in [-0.3, -0.25) is 4.79 Å². The molecule has 1 saturated heterocycles. The number of ether oxygens (including phenoxy) is 1. The number of carbonyl (C=O) groups excluding carboxylic acids is 2. The Kier molecular flexibility index (Phi) is 4.66. The molecular formula is C20H24N2O3. The van der Waals surface area contributed by atoms with Crippen LogP contribution in [0.1, 0.15) is 31.1 Å². The summed E-state index contributed by atoms with van der Waals surface area (Å²) in [5.41, 5.74) is 0.205. The monoisotopic (exact) mass is 340 g/mol. The lowest BCUT2D eigenvalue weighted by Crippen LogP contribution is -2.51. The molecule has 25 heavy (non-hydrogen) atoms. The fourth-order valence-electron chi connectivity index (χ4n) is 3.00. The molecule has 0 unspecified atom stereocenters. The minimum absolute atomic E-state index is 0.0145. The Morgan fingerprint density at radius 3 is 2.16 bits per heavy atom. The fraction of sp³-hybridized carbons (Fsp3) is 0.400. The number of fused-ring (bicyclic) bond motifs is 1. The van der Waals surface area contributed by atoms with Crippen LogP contribution in [0.4, 0.5) is 4.79 Å². The van der Waals surface area contributed by atoms with Crippen molar-refractivity contribution in [1.29, 1.82) is 0 Å². The summed E-state index contributed by atoms with van der Waals surface area (Å²) in [5.74, 6) is 0.0145. The van der Waals surface area contributed by atoms with Gasteiger partial charge in [0.15, 0.2) is 0 Å². The van der Waals surface area contributed by atoms with Crippen molar-refractivity contribution in [3.05, 3.63) is 48.0 Å². The van der Waals surface area contributed by atoms with Crippen LogP contribution in [-0.2, 0) is 4.74 Å². The van der Waals surface area contributed by atoms with E-state index in [9.17, 15) is 9.59 Å². The molecule has 1 heterocycles. The predicted octanol–water partition coefficient (Wildman–Crippen LogP) is 3.53. The maximum atomic E-state index is 12.9. The van der Waals surface area contributed by atoms with Crippen molar-refractivity contribution in [2.75, 3.05) is 26.2 Å². The lowest BCUT2D eigenvalue weighted by molar-refractivity contribution is 0.0141. The molecule has 0 saturated carbocycles. The second-order valence-electron chi connectivity index (χ2n) is 7.29. The molecule has 5 heteroatoms. The standard InChI is InChI=1S/C20H24N2O3/c1-20(2,3)25-19(24)22-13-11-21(12-14-22)18(23)17-10-6-8-15-7-4-5-9-16(15)17/h4-10H,11-14H2,1-3H3. The first-order chi connectivity index (χ1) is 11.8. The summed E-state index contributed by atoms with van der Waals surface area (Å²) in [7, 11) is 0. The zero-order valence-corrected chi connectivity index (χ0v) is 15.0.